The molecule has 3 amide bonds. The quantitative estimate of drug-likeness (QED) is 0.924. The highest BCUT2D eigenvalue weighted by molar-refractivity contribution is 5.80. The van der Waals surface area contributed by atoms with Gasteiger partial charge in [-0.1, -0.05) is 24.3 Å². The molecule has 1 aliphatic carbocycles. The zero-order valence-corrected chi connectivity index (χ0v) is 14.3. The second-order valence-corrected chi connectivity index (χ2v) is 7.52. The number of carbonyl (C=O) groups is 2. The number of urea groups is 1. The summed E-state index contributed by atoms with van der Waals surface area (Å²) in [6.45, 7) is 2.18. The molecule has 1 aromatic carbocycles. The smallest absolute Gasteiger partial charge is 0.317 e. The first-order valence-corrected chi connectivity index (χ1v) is 8.96. The molecule has 2 saturated heterocycles. The topological polar surface area (TPSA) is 52.7 Å². The first kappa shape index (κ1) is 15.5. The Morgan fingerprint density at radius 2 is 2.04 bits per heavy atom. The van der Waals surface area contributed by atoms with Crippen molar-refractivity contribution in [2.75, 3.05) is 26.7 Å². The van der Waals surface area contributed by atoms with Crippen LogP contribution in [0, 0.1) is 0 Å². The number of rotatable bonds is 3. The second kappa shape index (κ2) is 5.80. The molecule has 1 spiro atoms. The molecule has 0 aromatic heterocycles. The van der Waals surface area contributed by atoms with Crippen molar-refractivity contribution in [3.63, 3.8) is 0 Å². The molecule has 3 fully saturated rings. The van der Waals surface area contributed by atoms with Crippen LogP contribution in [0.25, 0.3) is 0 Å². The first-order chi connectivity index (χ1) is 11.6. The summed E-state index contributed by atoms with van der Waals surface area (Å²) in [4.78, 5) is 28.2. The van der Waals surface area contributed by atoms with Crippen LogP contribution >= 0.6 is 0 Å². The van der Waals surface area contributed by atoms with Gasteiger partial charge in [-0.25, -0.2) is 4.79 Å². The van der Waals surface area contributed by atoms with Crippen molar-refractivity contribution in [3.05, 3.63) is 35.4 Å². The SMILES string of the molecule is CN1C(=O)NCC12CCN(C(=O)Cc1cccc(C3CC3)c1)CC2. The van der Waals surface area contributed by atoms with Crippen LogP contribution in [0.3, 0.4) is 0 Å². The van der Waals surface area contributed by atoms with Gasteiger partial charge in [0.05, 0.1) is 12.0 Å². The Labute approximate surface area is 143 Å². The molecule has 4 rings (SSSR count). The molecule has 3 aliphatic rings. The highest BCUT2D eigenvalue weighted by Crippen LogP contribution is 2.40. The summed E-state index contributed by atoms with van der Waals surface area (Å²) >= 11 is 0. The molecule has 2 heterocycles. The van der Waals surface area contributed by atoms with E-state index < -0.39 is 0 Å². The molecule has 1 N–H and O–H groups in total. The normalized spacial score (nSPS) is 22.8. The highest BCUT2D eigenvalue weighted by Gasteiger charge is 2.45. The molecule has 5 heteroatoms. The van der Waals surface area contributed by atoms with Crippen LogP contribution in [0.1, 0.15) is 42.7 Å². The van der Waals surface area contributed by atoms with Gasteiger partial charge in [0.15, 0.2) is 0 Å². The average Bonchev–Trinajstić information content (AvgIpc) is 3.41. The van der Waals surface area contributed by atoms with Crippen LogP contribution in [-0.4, -0.2) is 54.0 Å². The van der Waals surface area contributed by atoms with Crippen molar-refractivity contribution in [2.24, 2.45) is 0 Å². The fourth-order valence-electron chi connectivity index (χ4n) is 4.04. The van der Waals surface area contributed by atoms with E-state index in [-0.39, 0.29) is 17.5 Å². The van der Waals surface area contributed by atoms with Crippen LogP contribution in [0.2, 0.25) is 0 Å². The maximum absolute atomic E-state index is 12.6. The van der Waals surface area contributed by atoms with E-state index in [4.69, 9.17) is 0 Å². The van der Waals surface area contributed by atoms with Gasteiger partial charge in [-0.05, 0) is 42.7 Å². The van der Waals surface area contributed by atoms with Crippen LogP contribution in [0.4, 0.5) is 4.79 Å². The van der Waals surface area contributed by atoms with Gasteiger partial charge < -0.3 is 15.1 Å². The predicted molar refractivity (Wildman–Crippen MR) is 91.8 cm³/mol. The Hall–Kier alpha value is -2.04. The summed E-state index contributed by atoms with van der Waals surface area (Å²) in [6, 6.07) is 8.52. The summed E-state index contributed by atoms with van der Waals surface area (Å²) in [5.41, 5.74) is 2.41. The maximum atomic E-state index is 12.6. The molecule has 24 heavy (non-hydrogen) atoms. The average molecular weight is 327 g/mol. The first-order valence-electron chi connectivity index (χ1n) is 8.96. The standard InChI is InChI=1S/C19H25N3O2/c1-21-18(24)20-13-19(21)7-9-22(10-8-19)17(23)12-14-3-2-4-16(11-14)15-5-6-15/h2-4,11,15H,5-10,12-13H2,1H3,(H,20,24). The van der Waals surface area contributed by atoms with Crippen LogP contribution in [-0.2, 0) is 11.2 Å². The number of nitrogens with zero attached hydrogens (tertiary/aromatic N) is 2. The lowest BCUT2D eigenvalue weighted by Crippen LogP contribution is -2.54. The van der Waals surface area contributed by atoms with Gasteiger partial charge in [-0.15, -0.1) is 0 Å². The molecule has 0 unspecified atom stereocenters. The lowest BCUT2D eigenvalue weighted by Gasteiger charge is -2.42. The van der Waals surface area contributed by atoms with Gasteiger partial charge in [0, 0.05) is 26.7 Å². The molecular weight excluding hydrogens is 302 g/mol. The number of amides is 3. The van der Waals surface area contributed by atoms with Crippen molar-refractivity contribution < 1.29 is 9.59 Å². The highest BCUT2D eigenvalue weighted by atomic mass is 16.2. The van der Waals surface area contributed by atoms with Gasteiger partial charge >= 0.3 is 6.03 Å². The van der Waals surface area contributed by atoms with Gasteiger partial charge in [-0.2, -0.15) is 0 Å². The Morgan fingerprint density at radius 1 is 1.29 bits per heavy atom. The summed E-state index contributed by atoms with van der Waals surface area (Å²) in [5.74, 6) is 0.926. The van der Waals surface area contributed by atoms with Crippen molar-refractivity contribution in [3.8, 4) is 0 Å². The number of hydrogen-bond donors (Lipinski definition) is 1. The van der Waals surface area contributed by atoms with Gasteiger partial charge in [0.2, 0.25) is 5.91 Å². The third-order valence-corrected chi connectivity index (χ3v) is 5.99. The number of nitrogens with one attached hydrogen (secondary N) is 1. The number of benzene rings is 1. The second-order valence-electron chi connectivity index (χ2n) is 7.52. The van der Waals surface area contributed by atoms with E-state index in [0.29, 0.717) is 13.0 Å². The lowest BCUT2D eigenvalue weighted by atomic mass is 9.87. The number of likely N-dealkylation sites (tertiary alicyclic amines) is 1. The molecule has 2 aliphatic heterocycles. The lowest BCUT2D eigenvalue weighted by molar-refractivity contribution is -0.132. The van der Waals surface area contributed by atoms with E-state index in [1.165, 1.54) is 18.4 Å². The van der Waals surface area contributed by atoms with Crippen molar-refractivity contribution in [1.29, 1.82) is 0 Å². The molecule has 5 nitrogen and oxygen atoms in total. The molecule has 0 radical (unpaired) electrons. The van der Waals surface area contributed by atoms with E-state index in [2.05, 4.69) is 29.6 Å². The van der Waals surface area contributed by atoms with Gasteiger partial charge in [0.1, 0.15) is 0 Å². The number of hydrogen-bond acceptors (Lipinski definition) is 2. The Balaban J connectivity index is 1.36. The van der Waals surface area contributed by atoms with E-state index in [0.717, 1.165) is 37.4 Å². The molecule has 0 bridgehead atoms. The Kier molecular flexibility index (Phi) is 3.74. The monoisotopic (exact) mass is 327 g/mol. The number of piperidine rings is 1. The zero-order valence-electron chi connectivity index (χ0n) is 14.3. The van der Waals surface area contributed by atoms with Gasteiger partial charge in [0.25, 0.3) is 0 Å². The van der Waals surface area contributed by atoms with E-state index in [1.54, 1.807) is 0 Å². The van der Waals surface area contributed by atoms with E-state index in [1.807, 2.05) is 16.8 Å². The predicted octanol–water partition coefficient (Wildman–Crippen LogP) is 2.12. The van der Waals surface area contributed by atoms with Crippen LogP contribution < -0.4 is 5.32 Å². The fraction of sp³-hybridized carbons (Fsp3) is 0.579. The molecule has 0 atom stereocenters. The minimum Gasteiger partial charge on any atom is -0.342 e. The minimum atomic E-state index is -0.0975. The summed E-state index contributed by atoms with van der Waals surface area (Å²) in [7, 11) is 1.86. The van der Waals surface area contributed by atoms with E-state index in [9.17, 15) is 9.59 Å². The largest absolute Gasteiger partial charge is 0.342 e. The zero-order chi connectivity index (χ0) is 16.7. The van der Waals surface area contributed by atoms with Crippen molar-refractivity contribution in [1.82, 2.24) is 15.1 Å². The third kappa shape index (κ3) is 2.76. The van der Waals surface area contributed by atoms with Crippen LogP contribution in [0.15, 0.2) is 24.3 Å². The third-order valence-electron chi connectivity index (χ3n) is 5.99. The van der Waals surface area contributed by atoms with Gasteiger partial charge in [-0.3, -0.25) is 4.79 Å². The van der Waals surface area contributed by atoms with Crippen molar-refractivity contribution in [2.45, 2.75) is 43.6 Å². The molecule has 1 aromatic rings. The molecule has 1 saturated carbocycles. The summed E-state index contributed by atoms with van der Waals surface area (Å²) in [6.07, 6.45) is 4.77. The van der Waals surface area contributed by atoms with Crippen LogP contribution in [0.5, 0.6) is 0 Å². The molecular formula is C19H25N3O2. The number of likely N-dealkylation sites (N-methyl/N-ethyl adjacent to an activating group) is 1. The number of carbonyl (C=O) groups excluding carboxylic acids is 2. The summed E-state index contributed by atoms with van der Waals surface area (Å²) in [5, 5.41) is 2.92. The van der Waals surface area contributed by atoms with E-state index >= 15 is 0 Å². The minimum absolute atomic E-state index is 0.00617. The van der Waals surface area contributed by atoms with Crippen molar-refractivity contribution >= 4 is 11.9 Å². The fourth-order valence-corrected chi connectivity index (χ4v) is 4.04. The summed E-state index contributed by atoms with van der Waals surface area (Å²) < 4.78 is 0. The maximum Gasteiger partial charge on any atom is 0.317 e. The Bertz CT molecular complexity index is 660. The Morgan fingerprint density at radius 3 is 2.67 bits per heavy atom. The molecule has 128 valence electrons.